The molecule has 0 rings (SSSR count). The number of esters is 1. The molecule has 0 spiro atoms. The van der Waals surface area contributed by atoms with Crippen LogP contribution >= 0.6 is 0 Å². The van der Waals surface area contributed by atoms with Gasteiger partial charge in [0.05, 0.1) is 6.42 Å². The fourth-order valence-corrected chi connectivity index (χ4v) is 0.873. The average Bonchev–Trinajstić information content (AvgIpc) is 1.96. The van der Waals surface area contributed by atoms with E-state index in [1.165, 1.54) is 0 Å². The molecule has 0 heterocycles. The highest BCUT2D eigenvalue weighted by Crippen LogP contribution is 2.16. The number of alkyl halides is 2. The minimum atomic E-state index is -2.58. The predicted molar refractivity (Wildman–Crippen MR) is 49.0 cm³/mol. The molecule has 1 unspecified atom stereocenters. The van der Waals surface area contributed by atoms with E-state index < -0.39 is 23.9 Å². The van der Waals surface area contributed by atoms with Crippen molar-refractivity contribution in [3.63, 3.8) is 0 Å². The Kier molecular flexibility index (Phi) is 4.97. The second-order valence-corrected chi connectivity index (χ2v) is 4.12. The zero-order chi connectivity index (χ0) is 11.4. The van der Waals surface area contributed by atoms with Gasteiger partial charge in [0.2, 0.25) is 6.43 Å². The van der Waals surface area contributed by atoms with Crippen LogP contribution in [0.1, 0.15) is 27.2 Å². The van der Waals surface area contributed by atoms with Crippen LogP contribution in [0.3, 0.4) is 0 Å². The van der Waals surface area contributed by atoms with Gasteiger partial charge in [-0.3, -0.25) is 4.79 Å². The van der Waals surface area contributed by atoms with Crippen LogP contribution in [-0.4, -0.2) is 24.5 Å². The Morgan fingerprint density at radius 1 is 1.43 bits per heavy atom. The van der Waals surface area contributed by atoms with Crippen molar-refractivity contribution in [3.8, 4) is 0 Å². The summed E-state index contributed by atoms with van der Waals surface area (Å²) in [7, 11) is 0. The third-order valence-electron chi connectivity index (χ3n) is 1.51. The van der Waals surface area contributed by atoms with Crippen molar-refractivity contribution in [3.05, 3.63) is 0 Å². The van der Waals surface area contributed by atoms with E-state index in [1.54, 1.807) is 20.8 Å². The number of rotatable bonds is 4. The molecule has 84 valence electrons. The highest BCUT2D eigenvalue weighted by atomic mass is 19.3. The zero-order valence-corrected chi connectivity index (χ0v) is 8.72. The maximum atomic E-state index is 12.2. The molecule has 14 heavy (non-hydrogen) atoms. The number of nitrogens with two attached hydrogens (primary N) is 1. The lowest BCUT2D eigenvalue weighted by molar-refractivity contribution is -0.157. The summed E-state index contributed by atoms with van der Waals surface area (Å²) in [5, 5.41) is 0. The van der Waals surface area contributed by atoms with Gasteiger partial charge in [-0.15, -0.1) is 0 Å². The Morgan fingerprint density at radius 3 is 2.21 bits per heavy atom. The summed E-state index contributed by atoms with van der Waals surface area (Å²) in [5.74, 6) is -1.74. The number of carbonyl (C=O) groups excluding carboxylic acids is 1. The number of carbonyl (C=O) groups is 1. The first-order valence-corrected chi connectivity index (χ1v) is 4.46. The average molecular weight is 209 g/mol. The van der Waals surface area contributed by atoms with E-state index in [2.05, 4.69) is 0 Å². The molecule has 5 heteroatoms. The molecule has 0 bridgehead atoms. The molecule has 0 saturated heterocycles. The number of halogens is 2. The van der Waals surface area contributed by atoms with Crippen molar-refractivity contribution in [2.45, 2.75) is 39.2 Å². The summed E-state index contributed by atoms with van der Waals surface area (Å²) >= 11 is 0. The van der Waals surface area contributed by atoms with E-state index in [4.69, 9.17) is 10.5 Å². The topological polar surface area (TPSA) is 52.3 Å². The smallest absolute Gasteiger partial charge is 0.306 e. The number of ether oxygens (including phenoxy) is 1. The fourth-order valence-electron chi connectivity index (χ4n) is 0.873. The molecule has 0 aliphatic heterocycles. The second kappa shape index (κ2) is 5.24. The number of hydrogen-bond acceptors (Lipinski definition) is 3. The van der Waals surface area contributed by atoms with Crippen LogP contribution in [0.25, 0.3) is 0 Å². The van der Waals surface area contributed by atoms with E-state index >= 15 is 0 Å². The number of hydrogen-bond donors (Lipinski definition) is 1. The van der Waals surface area contributed by atoms with E-state index in [0.717, 1.165) is 0 Å². The summed E-state index contributed by atoms with van der Waals surface area (Å²) in [6.07, 6.45) is -2.90. The van der Waals surface area contributed by atoms with Gasteiger partial charge >= 0.3 is 5.97 Å². The van der Waals surface area contributed by atoms with Crippen LogP contribution < -0.4 is 5.73 Å². The lowest BCUT2D eigenvalue weighted by Gasteiger charge is -2.21. The molecule has 0 aliphatic rings. The molecule has 0 aromatic carbocycles. The van der Waals surface area contributed by atoms with Crippen LogP contribution in [-0.2, 0) is 9.53 Å². The maximum Gasteiger partial charge on any atom is 0.306 e. The SMILES string of the molecule is CC(C)(C)OC(=O)CC(CN)C(F)F. The second-order valence-electron chi connectivity index (χ2n) is 4.12. The lowest BCUT2D eigenvalue weighted by Crippen LogP contribution is -2.29. The summed E-state index contributed by atoms with van der Waals surface area (Å²) in [5.41, 5.74) is 4.46. The lowest BCUT2D eigenvalue weighted by atomic mass is 10.1. The van der Waals surface area contributed by atoms with Gasteiger partial charge in [-0.2, -0.15) is 0 Å². The molecule has 0 aliphatic carbocycles. The summed E-state index contributed by atoms with van der Waals surface area (Å²) < 4.78 is 29.3. The molecule has 0 fully saturated rings. The fraction of sp³-hybridized carbons (Fsp3) is 0.889. The van der Waals surface area contributed by atoms with Gasteiger partial charge in [-0.1, -0.05) is 0 Å². The van der Waals surface area contributed by atoms with Gasteiger partial charge in [0.25, 0.3) is 0 Å². The van der Waals surface area contributed by atoms with Gasteiger partial charge in [0, 0.05) is 12.5 Å². The minimum absolute atomic E-state index is 0.211. The van der Waals surface area contributed by atoms with Gasteiger partial charge in [0.15, 0.2) is 0 Å². The molecule has 0 saturated carbocycles. The third kappa shape index (κ3) is 5.85. The minimum Gasteiger partial charge on any atom is -0.460 e. The summed E-state index contributed by atoms with van der Waals surface area (Å²) in [6.45, 7) is 4.84. The molecule has 0 aromatic heterocycles. The van der Waals surface area contributed by atoms with Crippen molar-refractivity contribution in [1.82, 2.24) is 0 Å². The van der Waals surface area contributed by atoms with Crippen LogP contribution in [0, 0.1) is 5.92 Å². The van der Waals surface area contributed by atoms with E-state index in [1.807, 2.05) is 0 Å². The van der Waals surface area contributed by atoms with Gasteiger partial charge in [-0.25, -0.2) is 8.78 Å². The van der Waals surface area contributed by atoms with Gasteiger partial charge < -0.3 is 10.5 Å². The van der Waals surface area contributed by atoms with Crippen molar-refractivity contribution in [2.24, 2.45) is 11.7 Å². The van der Waals surface area contributed by atoms with Crippen LogP contribution in [0.5, 0.6) is 0 Å². The van der Waals surface area contributed by atoms with Crippen LogP contribution in [0.4, 0.5) is 8.78 Å². The molecule has 0 radical (unpaired) electrons. The highest BCUT2D eigenvalue weighted by Gasteiger charge is 2.25. The quantitative estimate of drug-likeness (QED) is 0.715. The highest BCUT2D eigenvalue weighted by molar-refractivity contribution is 5.70. The Bertz CT molecular complexity index is 190. The molecule has 3 nitrogen and oxygen atoms in total. The van der Waals surface area contributed by atoms with Crippen molar-refractivity contribution in [1.29, 1.82) is 0 Å². The first-order chi connectivity index (χ1) is 6.26. The molecule has 0 amide bonds. The summed E-state index contributed by atoms with van der Waals surface area (Å²) in [6, 6.07) is 0. The summed E-state index contributed by atoms with van der Waals surface area (Å²) in [4.78, 5) is 11.1. The van der Waals surface area contributed by atoms with Crippen LogP contribution in [0.15, 0.2) is 0 Å². The monoisotopic (exact) mass is 209 g/mol. The normalized spacial score (nSPS) is 14.2. The predicted octanol–water partition coefficient (Wildman–Crippen LogP) is 1.56. The largest absolute Gasteiger partial charge is 0.460 e. The molecule has 2 N–H and O–H groups in total. The third-order valence-corrected chi connectivity index (χ3v) is 1.51. The Morgan fingerprint density at radius 2 is 1.93 bits per heavy atom. The van der Waals surface area contributed by atoms with Gasteiger partial charge in [0.1, 0.15) is 5.60 Å². The first kappa shape index (κ1) is 13.3. The van der Waals surface area contributed by atoms with E-state index in [9.17, 15) is 13.6 Å². The Labute approximate surface area is 82.6 Å². The van der Waals surface area contributed by atoms with E-state index in [0.29, 0.717) is 0 Å². The molecule has 0 aromatic rings. The Hall–Kier alpha value is -0.710. The van der Waals surface area contributed by atoms with Crippen LogP contribution in [0.2, 0.25) is 0 Å². The van der Waals surface area contributed by atoms with Gasteiger partial charge in [-0.05, 0) is 20.8 Å². The first-order valence-electron chi connectivity index (χ1n) is 4.46. The van der Waals surface area contributed by atoms with Crippen molar-refractivity contribution >= 4 is 5.97 Å². The van der Waals surface area contributed by atoms with Crippen molar-refractivity contribution < 1.29 is 18.3 Å². The standard InChI is InChI=1S/C9H17F2NO2/c1-9(2,3)14-7(13)4-6(5-12)8(10)11/h6,8H,4-5,12H2,1-3H3. The zero-order valence-electron chi connectivity index (χ0n) is 8.72. The molecule has 1 atom stereocenters. The molecular weight excluding hydrogens is 192 g/mol. The Balaban J connectivity index is 4.04. The van der Waals surface area contributed by atoms with E-state index in [-0.39, 0.29) is 13.0 Å². The van der Waals surface area contributed by atoms with Crippen molar-refractivity contribution in [2.75, 3.05) is 6.54 Å². The maximum absolute atomic E-state index is 12.2. The molecular formula is C9H17F2NO2.